The second-order valence-corrected chi connectivity index (χ2v) is 5.04. The average Bonchev–Trinajstić information content (AvgIpc) is 2.71. The Bertz CT molecular complexity index is 844. The van der Waals surface area contributed by atoms with Gasteiger partial charge in [0.1, 0.15) is 11.6 Å². The van der Waals surface area contributed by atoms with Gasteiger partial charge in [-0.3, -0.25) is 19.3 Å². The molecule has 5 nitrogen and oxygen atoms in total. The number of carbonyl (C=O) groups excluding carboxylic acids is 3. The maximum Gasteiger partial charge on any atom is 0.261 e. The monoisotopic (exact) mass is 316 g/mol. The molecule has 0 aliphatic carbocycles. The van der Waals surface area contributed by atoms with Gasteiger partial charge in [0.2, 0.25) is 0 Å². The molecule has 0 saturated carbocycles. The van der Waals surface area contributed by atoms with Crippen LogP contribution in [0, 0.1) is 11.6 Å². The summed E-state index contributed by atoms with van der Waals surface area (Å²) in [5.74, 6) is -3.36. The molecule has 0 unspecified atom stereocenters. The summed E-state index contributed by atoms with van der Waals surface area (Å²) in [6.07, 6.45) is 0. The topological polar surface area (TPSA) is 66.5 Å². The van der Waals surface area contributed by atoms with E-state index in [-0.39, 0.29) is 22.4 Å². The first-order valence-corrected chi connectivity index (χ1v) is 6.60. The molecule has 0 radical (unpaired) electrons. The Hall–Kier alpha value is -3.09. The number of fused-ring (bicyclic) bond motifs is 1. The van der Waals surface area contributed by atoms with Crippen LogP contribution in [0.1, 0.15) is 31.1 Å². The van der Waals surface area contributed by atoms with Crippen LogP contribution in [-0.2, 0) is 0 Å². The maximum atomic E-state index is 13.1. The molecule has 0 atom stereocenters. The molecule has 3 rings (SSSR count). The number of rotatable bonds is 2. The van der Waals surface area contributed by atoms with Crippen molar-refractivity contribution in [3.05, 3.63) is 64.7 Å². The molecule has 0 aromatic heterocycles. The van der Waals surface area contributed by atoms with Crippen molar-refractivity contribution in [2.75, 3.05) is 12.4 Å². The zero-order chi connectivity index (χ0) is 16.7. The Labute approximate surface area is 129 Å². The van der Waals surface area contributed by atoms with Gasteiger partial charge in [0, 0.05) is 24.4 Å². The Kier molecular flexibility index (Phi) is 3.40. The lowest BCUT2D eigenvalue weighted by Crippen LogP contribution is -2.24. The summed E-state index contributed by atoms with van der Waals surface area (Å²) in [7, 11) is 1.36. The molecule has 0 fully saturated rings. The van der Waals surface area contributed by atoms with Gasteiger partial charge in [0.25, 0.3) is 17.7 Å². The molecule has 0 spiro atoms. The Balaban J connectivity index is 1.89. The molecular weight excluding hydrogens is 306 g/mol. The third-order valence-electron chi connectivity index (χ3n) is 3.47. The van der Waals surface area contributed by atoms with Crippen LogP contribution in [0.4, 0.5) is 14.5 Å². The normalized spacial score (nSPS) is 13.3. The molecule has 1 aliphatic rings. The van der Waals surface area contributed by atoms with E-state index in [1.165, 1.54) is 25.2 Å². The number of halogens is 2. The lowest BCUT2D eigenvalue weighted by Gasteiger charge is -2.06. The molecule has 3 amide bonds. The smallest absolute Gasteiger partial charge is 0.261 e. The van der Waals surface area contributed by atoms with Crippen molar-refractivity contribution in [2.45, 2.75) is 0 Å². The van der Waals surface area contributed by atoms with Crippen molar-refractivity contribution in [1.82, 2.24) is 4.90 Å². The highest BCUT2D eigenvalue weighted by atomic mass is 19.1. The first-order chi connectivity index (χ1) is 10.9. The van der Waals surface area contributed by atoms with Gasteiger partial charge in [-0.1, -0.05) is 0 Å². The number of hydrogen-bond acceptors (Lipinski definition) is 3. The largest absolute Gasteiger partial charge is 0.322 e. The van der Waals surface area contributed by atoms with E-state index in [4.69, 9.17) is 0 Å². The van der Waals surface area contributed by atoms with E-state index in [2.05, 4.69) is 5.32 Å². The third-order valence-corrected chi connectivity index (χ3v) is 3.47. The van der Waals surface area contributed by atoms with Crippen LogP contribution in [0.15, 0.2) is 36.4 Å². The van der Waals surface area contributed by atoms with Crippen LogP contribution in [0.2, 0.25) is 0 Å². The molecule has 116 valence electrons. The number of carbonyl (C=O) groups is 3. The fraction of sp³-hybridized carbons (Fsp3) is 0.0625. The van der Waals surface area contributed by atoms with E-state index >= 15 is 0 Å². The predicted molar refractivity (Wildman–Crippen MR) is 77.2 cm³/mol. The molecule has 23 heavy (non-hydrogen) atoms. The second kappa shape index (κ2) is 5.28. The van der Waals surface area contributed by atoms with Gasteiger partial charge in [-0.2, -0.15) is 0 Å². The van der Waals surface area contributed by atoms with Crippen molar-refractivity contribution in [1.29, 1.82) is 0 Å². The predicted octanol–water partition coefficient (Wildman–Crippen LogP) is 2.44. The molecular formula is C16H10F2N2O3. The summed E-state index contributed by atoms with van der Waals surface area (Å²) in [6, 6.07) is 6.67. The van der Waals surface area contributed by atoms with Gasteiger partial charge < -0.3 is 5.32 Å². The minimum atomic E-state index is -0.869. The van der Waals surface area contributed by atoms with Gasteiger partial charge in [-0.15, -0.1) is 0 Å². The van der Waals surface area contributed by atoms with E-state index < -0.39 is 29.4 Å². The quantitative estimate of drug-likeness (QED) is 0.865. The average molecular weight is 316 g/mol. The van der Waals surface area contributed by atoms with Crippen LogP contribution in [0.25, 0.3) is 0 Å². The number of anilines is 1. The molecule has 2 aromatic rings. The molecule has 0 bridgehead atoms. The highest BCUT2D eigenvalue weighted by Gasteiger charge is 2.32. The standard InChI is InChI=1S/C16H10F2N2O3/c1-20-15(22)12-3-2-11(7-13(12)16(20)23)19-14(21)8-4-9(17)6-10(18)5-8/h2-7H,1H3,(H,19,21). The summed E-state index contributed by atoms with van der Waals surface area (Å²) >= 11 is 0. The summed E-state index contributed by atoms with van der Waals surface area (Å²) in [5, 5.41) is 2.44. The van der Waals surface area contributed by atoms with Crippen molar-refractivity contribution in [2.24, 2.45) is 0 Å². The number of hydrogen-bond donors (Lipinski definition) is 1. The van der Waals surface area contributed by atoms with Crippen LogP contribution >= 0.6 is 0 Å². The number of amides is 3. The van der Waals surface area contributed by atoms with Crippen molar-refractivity contribution >= 4 is 23.4 Å². The summed E-state index contributed by atoms with van der Waals surface area (Å²) < 4.78 is 26.3. The highest BCUT2D eigenvalue weighted by molar-refractivity contribution is 6.21. The molecule has 2 aromatic carbocycles. The molecule has 1 heterocycles. The Morgan fingerprint density at radius 2 is 1.57 bits per heavy atom. The van der Waals surface area contributed by atoms with Crippen molar-refractivity contribution in [3.63, 3.8) is 0 Å². The van der Waals surface area contributed by atoms with Crippen molar-refractivity contribution in [3.8, 4) is 0 Å². The number of nitrogens with zero attached hydrogens (tertiary/aromatic N) is 1. The first kappa shape index (κ1) is 14.8. The molecule has 7 heteroatoms. The third kappa shape index (κ3) is 2.57. The summed E-state index contributed by atoms with van der Waals surface area (Å²) in [6.45, 7) is 0. The Morgan fingerprint density at radius 1 is 0.957 bits per heavy atom. The van der Waals surface area contributed by atoms with E-state index in [0.717, 1.165) is 17.0 Å². The van der Waals surface area contributed by atoms with Crippen LogP contribution < -0.4 is 5.32 Å². The summed E-state index contributed by atoms with van der Waals surface area (Å²) in [5.41, 5.74) is 0.463. The fourth-order valence-electron chi connectivity index (χ4n) is 2.33. The number of nitrogens with one attached hydrogen (secondary N) is 1. The van der Waals surface area contributed by atoms with Gasteiger partial charge in [0.05, 0.1) is 11.1 Å². The Morgan fingerprint density at radius 3 is 2.22 bits per heavy atom. The highest BCUT2D eigenvalue weighted by Crippen LogP contribution is 2.25. The molecule has 1 N–H and O–H groups in total. The number of benzene rings is 2. The molecule has 0 saturated heterocycles. The van der Waals surface area contributed by atoms with Gasteiger partial charge >= 0.3 is 0 Å². The van der Waals surface area contributed by atoms with Gasteiger partial charge in [-0.05, 0) is 30.3 Å². The number of imide groups is 1. The second-order valence-electron chi connectivity index (χ2n) is 5.04. The van der Waals surface area contributed by atoms with Gasteiger partial charge in [-0.25, -0.2) is 8.78 Å². The summed E-state index contributed by atoms with van der Waals surface area (Å²) in [4.78, 5) is 36.7. The fourth-order valence-corrected chi connectivity index (χ4v) is 2.33. The van der Waals surface area contributed by atoms with E-state index in [9.17, 15) is 23.2 Å². The zero-order valence-corrected chi connectivity index (χ0v) is 11.9. The van der Waals surface area contributed by atoms with Crippen LogP contribution in [0.3, 0.4) is 0 Å². The zero-order valence-electron chi connectivity index (χ0n) is 11.9. The van der Waals surface area contributed by atoms with Crippen LogP contribution in [-0.4, -0.2) is 29.7 Å². The lowest BCUT2D eigenvalue weighted by atomic mass is 10.1. The minimum Gasteiger partial charge on any atom is -0.322 e. The van der Waals surface area contributed by atoms with Gasteiger partial charge in [0.15, 0.2) is 0 Å². The van der Waals surface area contributed by atoms with E-state index in [1.54, 1.807) is 0 Å². The maximum absolute atomic E-state index is 13.1. The first-order valence-electron chi connectivity index (χ1n) is 6.60. The minimum absolute atomic E-state index is 0.167. The lowest BCUT2D eigenvalue weighted by molar-refractivity contribution is 0.0692. The van der Waals surface area contributed by atoms with E-state index in [1.807, 2.05) is 0 Å². The van der Waals surface area contributed by atoms with E-state index in [0.29, 0.717) is 6.07 Å². The van der Waals surface area contributed by atoms with Crippen molar-refractivity contribution < 1.29 is 23.2 Å². The SMILES string of the molecule is CN1C(=O)c2ccc(NC(=O)c3cc(F)cc(F)c3)cc2C1=O. The van der Waals surface area contributed by atoms with Crippen LogP contribution in [0.5, 0.6) is 0 Å². The molecule has 1 aliphatic heterocycles.